The van der Waals surface area contributed by atoms with Crippen molar-refractivity contribution in [3.63, 3.8) is 0 Å². The van der Waals surface area contributed by atoms with Crippen LogP contribution in [-0.2, 0) is 0 Å². The van der Waals surface area contributed by atoms with E-state index in [0.29, 0.717) is 6.17 Å². The monoisotopic (exact) mass is 384 g/mol. The molecule has 3 aliphatic carbocycles. The van der Waals surface area contributed by atoms with Crippen LogP contribution in [0.5, 0.6) is 0 Å². The van der Waals surface area contributed by atoms with Crippen molar-refractivity contribution in [3.8, 4) is 0 Å². The third-order valence-electron chi connectivity index (χ3n) is 8.80. The lowest BCUT2D eigenvalue weighted by Crippen LogP contribution is -2.37. The van der Waals surface area contributed by atoms with Gasteiger partial charge in [-0.05, 0) is 88.2 Å². The standard InChI is InChI=1S/C26H44N2/c1-3-22(19-21-9-5-4-6-10-21)23-16-13-20(14-17-23)15-18-26-27-24-11-7-8-12-25(24)28(26)2/h20-21,23-27H,1,4-19H2,2H3/t20?,23?,24-,25?,26?/m0/s1. The second-order valence-electron chi connectivity index (χ2n) is 10.5. The highest BCUT2D eigenvalue weighted by Crippen LogP contribution is 2.40. The first-order valence-electron chi connectivity index (χ1n) is 12.6. The van der Waals surface area contributed by atoms with Gasteiger partial charge in [0.05, 0.1) is 6.17 Å². The van der Waals surface area contributed by atoms with Crippen LogP contribution in [0.3, 0.4) is 0 Å². The molecule has 0 aromatic carbocycles. The Balaban J connectivity index is 1.19. The van der Waals surface area contributed by atoms with Gasteiger partial charge in [-0.3, -0.25) is 10.2 Å². The summed E-state index contributed by atoms with van der Waals surface area (Å²) in [4.78, 5) is 2.68. The van der Waals surface area contributed by atoms with Gasteiger partial charge in [0.2, 0.25) is 0 Å². The van der Waals surface area contributed by atoms with Crippen molar-refractivity contribution in [1.82, 2.24) is 10.2 Å². The molecule has 0 aromatic heterocycles. The Morgan fingerprint density at radius 3 is 2.29 bits per heavy atom. The minimum atomic E-state index is 0.640. The Labute approximate surface area is 174 Å². The van der Waals surface area contributed by atoms with Crippen molar-refractivity contribution in [2.24, 2.45) is 17.8 Å². The highest BCUT2D eigenvalue weighted by molar-refractivity contribution is 5.07. The zero-order chi connectivity index (χ0) is 19.3. The zero-order valence-electron chi connectivity index (χ0n) is 18.4. The summed E-state index contributed by atoms with van der Waals surface area (Å²) in [7, 11) is 2.37. The molecule has 0 amide bonds. The summed E-state index contributed by atoms with van der Waals surface area (Å²) in [6.07, 6.45) is 23.3. The molecule has 3 saturated carbocycles. The molecule has 2 heteroatoms. The van der Waals surface area contributed by atoms with Crippen LogP contribution >= 0.6 is 0 Å². The number of fused-ring (bicyclic) bond motifs is 1. The molecule has 1 heterocycles. The van der Waals surface area contributed by atoms with E-state index in [4.69, 9.17) is 0 Å². The fraction of sp³-hybridized carbons (Fsp3) is 0.885. The molecule has 4 aliphatic rings. The molecule has 0 radical (unpaired) electrons. The van der Waals surface area contributed by atoms with E-state index >= 15 is 0 Å². The van der Waals surface area contributed by atoms with Gasteiger partial charge in [-0.15, -0.1) is 5.73 Å². The van der Waals surface area contributed by atoms with E-state index in [1.165, 1.54) is 103 Å². The highest BCUT2D eigenvalue weighted by atomic mass is 15.4. The van der Waals surface area contributed by atoms with Gasteiger partial charge in [0.25, 0.3) is 0 Å². The predicted octanol–water partition coefficient (Wildman–Crippen LogP) is 6.43. The highest BCUT2D eigenvalue weighted by Gasteiger charge is 2.39. The van der Waals surface area contributed by atoms with Crippen LogP contribution in [0.15, 0.2) is 17.9 Å². The van der Waals surface area contributed by atoms with Crippen LogP contribution in [0, 0.1) is 17.8 Å². The fourth-order valence-electron chi connectivity index (χ4n) is 6.95. The maximum Gasteiger partial charge on any atom is 0.0600 e. The molecule has 0 spiro atoms. The van der Waals surface area contributed by atoms with E-state index in [2.05, 4.69) is 29.6 Å². The van der Waals surface area contributed by atoms with Crippen molar-refractivity contribution in [3.05, 3.63) is 17.9 Å². The molecule has 0 aromatic rings. The normalized spacial score (nSPS) is 37.4. The molecule has 2 nitrogen and oxygen atoms in total. The summed E-state index contributed by atoms with van der Waals surface area (Å²) in [6.45, 7) is 4.08. The van der Waals surface area contributed by atoms with E-state index < -0.39 is 0 Å². The Morgan fingerprint density at radius 1 is 0.857 bits per heavy atom. The molecule has 158 valence electrons. The summed E-state index contributed by atoms with van der Waals surface area (Å²) in [5.74, 6) is 2.68. The topological polar surface area (TPSA) is 15.3 Å². The molecule has 4 fully saturated rings. The Hall–Kier alpha value is -0.560. The van der Waals surface area contributed by atoms with Crippen LogP contribution in [0.25, 0.3) is 0 Å². The van der Waals surface area contributed by atoms with Crippen LogP contribution in [-0.4, -0.2) is 30.2 Å². The SMILES string of the molecule is C=C=C(CC1CCCCC1)C1CCC(CCC2N[C@H]3CCCCC3N2C)CC1. The third-order valence-corrected chi connectivity index (χ3v) is 8.80. The van der Waals surface area contributed by atoms with Gasteiger partial charge < -0.3 is 0 Å². The largest absolute Gasteiger partial charge is 0.297 e. The van der Waals surface area contributed by atoms with Crippen molar-refractivity contribution in [2.45, 2.75) is 121 Å². The number of allylic oxidation sites excluding steroid dienone is 1. The van der Waals surface area contributed by atoms with E-state index in [1.54, 1.807) is 5.57 Å². The van der Waals surface area contributed by atoms with Gasteiger partial charge in [-0.2, -0.15) is 0 Å². The number of nitrogens with one attached hydrogen (secondary N) is 1. The maximum absolute atomic E-state index is 4.08. The Morgan fingerprint density at radius 2 is 1.57 bits per heavy atom. The summed E-state index contributed by atoms with van der Waals surface area (Å²) in [5.41, 5.74) is 4.98. The van der Waals surface area contributed by atoms with E-state index in [1.807, 2.05) is 0 Å². The lowest BCUT2D eigenvalue weighted by Gasteiger charge is -2.33. The first kappa shape index (κ1) is 20.7. The van der Waals surface area contributed by atoms with Gasteiger partial charge in [0.15, 0.2) is 0 Å². The predicted molar refractivity (Wildman–Crippen MR) is 119 cm³/mol. The van der Waals surface area contributed by atoms with Crippen LogP contribution in [0.2, 0.25) is 0 Å². The second kappa shape index (κ2) is 9.96. The van der Waals surface area contributed by atoms with Gasteiger partial charge >= 0.3 is 0 Å². The number of rotatable bonds is 6. The summed E-state index contributed by atoms with van der Waals surface area (Å²) < 4.78 is 0. The lowest BCUT2D eigenvalue weighted by atomic mass is 9.74. The molecule has 0 bridgehead atoms. The number of hydrogen-bond donors (Lipinski definition) is 1. The minimum absolute atomic E-state index is 0.640. The van der Waals surface area contributed by atoms with Crippen molar-refractivity contribution in [1.29, 1.82) is 0 Å². The van der Waals surface area contributed by atoms with E-state index in [9.17, 15) is 0 Å². The summed E-state index contributed by atoms with van der Waals surface area (Å²) in [5, 5.41) is 3.97. The summed E-state index contributed by atoms with van der Waals surface area (Å²) >= 11 is 0. The molecular formula is C26H44N2. The minimum Gasteiger partial charge on any atom is -0.297 e. The maximum atomic E-state index is 4.08. The first-order valence-corrected chi connectivity index (χ1v) is 12.6. The van der Waals surface area contributed by atoms with Gasteiger partial charge in [0.1, 0.15) is 0 Å². The van der Waals surface area contributed by atoms with Gasteiger partial charge in [-0.1, -0.05) is 51.5 Å². The first-order chi connectivity index (χ1) is 13.7. The van der Waals surface area contributed by atoms with Crippen molar-refractivity contribution < 1.29 is 0 Å². The lowest BCUT2D eigenvalue weighted by molar-refractivity contribution is 0.182. The van der Waals surface area contributed by atoms with Crippen LogP contribution < -0.4 is 5.32 Å². The van der Waals surface area contributed by atoms with Crippen molar-refractivity contribution >= 4 is 0 Å². The number of nitrogens with zero attached hydrogens (tertiary/aromatic N) is 1. The van der Waals surface area contributed by atoms with Gasteiger partial charge in [-0.25, -0.2) is 0 Å². The number of hydrogen-bond acceptors (Lipinski definition) is 2. The van der Waals surface area contributed by atoms with Gasteiger partial charge in [0, 0.05) is 12.1 Å². The number of likely N-dealkylation sites (N-methyl/N-ethyl adjacent to an activating group) is 1. The molecule has 1 saturated heterocycles. The molecule has 3 atom stereocenters. The second-order valence-corrected chi connectivity index (χ2v) is 10.5. The van der Waals surface area contributed by atoms with Crippen LogP contribution in [0.1, 0.15) is 103 Å². The molecule has 28 heavy (non-hydrogen) atoms. The zero-order valence-corrected chi connectivity index (χ0v) is 18.4. The molecule has 1 N–H and O–H groups in total. The van der Waals surface area contributed by atoms with E-state index in [0.717, 1.165) is 29.8 Å². The molecular weight excluding hydrogens is 340 g/mol. The van der Waals surface area contributed by atoms with E-state index in [-0.39, 0.29) is 0 Å². The smallest absolute Gasteiger partial charge is 0.0600 e. The summed E-state index contributed by atoms with van der Waals surface area (Å²) in [6, 6.07) is 1.59. The van der Waals surface area contributed by atoms with Crippen molar-refractivity contribution in [2.75, 3.05) is 7.05 Å². The third kappa shape index (κ3) is 4.94. The average Bonchev–Trinajstić information content (AvgIpc) is 3.07. The molecule has 4 rings (SSSR count). The fourth-order valence-corrected chi connectivity index (χ4v) is 6.95. The molecule has 1 aliphatic heterocycles. The Kier molecular flexibility index (Phi) is 7.37. The Bertz CT molecular complexity index is 535. The quantitative estimate of drug-likeness (QED) is 0.531. The average molecular weight is 385 g/mol. The molecule has 2 unspecified atom stereocenters. The van der Waals surface area contributed by atoms with Crippen LogP contribution in [0.4, 0.5) is 0 Å².